The van der Waals surface area contributed by atoms with Crippen molar-refractivity contribution in [2.75, 3.05) is 5.01 Å². The number of hydrogen-bond donors (Lipinski definition) is 1. The van der Waals surface area contributed by atoms with Gasteiger partial charge in [-0.05, 0) is 42.0 Å². The lowest BCUT2D eigenvalue weighted by atomic mass is 9.95. The van der Waals surface area contributed by atoms with Crippen molar-refractivity contribution >= 4 is 34.8 Å². The quantitative estimate of drug-likeness (QED) is 0.697. The number of halogens is 4. The Morgan fingerprint density at radius 1 is 1.13 bits per heavy atom. The molecule has 0 aliphatic carbocycles. The van der Waals surface area contributed by atoms with Gasteiger partial charge in [0, 0.05) is 22.5 Å². The first-order valence-corrected chi connectivity index (χ1v) is 9.89. The number of anilines is 1. The molecule has 9 heteroatoms. The maximum atomic E-state index is 12.8. The summed E-state index contributed by atoms with van der Waals surface area (Å²) in [5.41, 5.74) is 0.614. The Labute approximate surface area is 182 Å². The molecule has 2 aromatic carbocycles. The first kappa shape index (κ1) is 22.8. The van der Waals surface area contributed by atoms with E-state index in [4.69, 9.17) is 11.6 Å². The van der Waals surface area contributed by atoms with Crippen LogP contribution in [0.4, 0.5) is 18.9 Å². The molecule has 0 radical (unpaired) electrons. The Morgan fingerprint density at radius 3 is 2.35 bits per heavy atom. The molecule has 0 aromatic heterocycles. The molecule has 0 saturated heterocycles. The minimum Gasteiger partial charge on any atom is -0.352 e. The van der Waals surface area contributed by atoms with Gasteiger partial charge in [0.2, 0.25) is 5.91 Å². The van der Waals surface area contributed by atoms with Crippen molar-refractivity contribution in [3.8, 4) is 0 Å². The van der Waals surface area contributed by atoms with Crippen LogP contribution in [-0.4, -0.2) is 17.5 Å². The SMILES string of the molecule is CC(C)(C)C(=O)NCc1ccc(Cl)c(C2=NN(c3ccc(C(F)(F)F)cc3)C(=O)C2)c1. The van der Waals surface area contributed by atoms with Crippen LogP contribution in [0.25, 0.3) is 0 Å². The molecule has 1 N–H and O–H groups in total. The average Bonchev–Trinajstić information content (AvgIpc) is 3.07. The lowest BCUT2D eigenvalue weighted by Gasteiger charge is -2.18. The van der Waals surface area contributed by atoms with Crippen molar-refractivity contribution in [2.24, 2.45) is 10.5 Å². The molecule has 1 heterocycles. The van der Waals surface area contributed by atoms with Crippen LogP contribution in [0.15, 0.2) is 47.6 Å². The molecule has 1 aliphatic rings. The van der Waals surface area contributed by atoms with Crippen molar-refractivity contribution < 1.29 is 22.8 Å². The van der Waals surface area contributed by atoms with E-state index in [0.29, 0.717) is 16.3 Å². The highest BCUT2D eigenvalue weighted by molar-refractivity contribution is 6.35. The maximum Gasteiger partial charge on any atom is 0.416 e. The van der Waals surface area contributed by atoms with Crippen molar-refractivity contribution in [3.63, 3.8) is 0 Å². The highest BCUT2D eigenvalue weighted by atomic mass is 35.5. The molecule has 2 amide bonds. The molecule has 0 bridgehead atoms. The van der Waals surface area contributed by atoms with Gasteiger partial charge in [0.15, 0.2) is 0 Å². The molecule has 0 fully saturated rings. The highest BCUT2D eigenvalue weighted by Crippen LogP contribution is 2.32. The smallest absolute Gasteiger partial charge is 0.352 e. The van der Waals surface area contributed by atoms with Crippen molar-refractivity contribution in [1.82, 2.24) is 5.32 Å². The largest absolute Gasteiger partial charge is 0.416 e. The lowest BCUT2D eigenvalue weighted by molar-refractivity contribution is -0.137. The predicted octanol–water partition coefficient (Wildman–Crippen LogP) is 5.16. The second-order valence-electron chi connectivity index (χ2n) is 8.22. The van der Waals surface area contributed by atoms with Crippen LogP contribution >= 0.6 is 11.6 Å². The number of rotatable bonds is 4. The zero-order valence-corrected chi connectivity index (χ0v) is 17.9. The van der Waals surface area contributed by atoms with Crippen LogP contribution in [-0.2, 0) is 22.3 Å². The molecule has 31 heavy (non-hydrogen) atoms. The first-order valence-electron chi connectivity index (χ1n) is 9.51. The number of benzene rings is 2. The van der Waals surface area contributed by atoms with Gasteiger partial charge in [0.1, 0.15) is 0 Å². The summed E-state index contributed by atoms with van der Waals surface area (Å²) in [6.07, 6.45) is -4.50. The van der Waals surface area contributed by atoms with Gasteiger partial charge in [-0.25, -0.2) is 5.01 Å². The molecule has 1 aliphatic heterocycles. The van der Waals surface area contributed by atoms with Crippen LogP contribution in [0.1, 0.15) is 43.9 Å². The van der Waals surface area contributed by atoms with Crippen LogP contribution < -0.4 is 10.3 Å². The molecule has 0 saturated carbocycles. The van der Waals surface area contributed by atoms with Gasteiger partial charge in [-0.2, -0.15) is 18.3 Å². The fourth-order valence-electron chi connectivity index (χ4n) is 2.92. The van der Waals surface area contributed by atoms with E-state index in [1.165, 1.54) is 12.1 Å². The van der Waals surface area contributed by atoms with Crippen LogP contribution in [0.2, 0.25) is 5.02 Å². The summed E-state index contributed by atoms with van der Waals surface area (Å²) in [4.78, 5) is 24.5. The third kappa shape index (κ3) is 5.25. The summed E-state index contributed by atoms with van der Waals surface area (Å²) in [7, 11) is 0. The van der Waals surface area contributed by atoms with E-state index in [2.05, 4.69) is 10.4 Å². The minimum absolute atomic E-state index is 0.0431. The summed E-state index contributed by atoms with van der Waals surface area (Å²) in [6, 6.07) is 9.38. The third-order valence-corrected chi connectivity index (χ3v) is 5.02. The van der Waals surface area contributed by atoms with Crippen molar-refractivity contribution in [2.45, 2.75) is 39.9 Å². The summed E-state index contributed by atoms with van der Waals surface area (Å²) >= 11 is 6.30. The Kier molecular flexibility index (Phi) is 6.14. The van der Waals surface area contributed by atoms with Gasteiger partial charge in [0.05, 0.1) is 23.4 Å². The molecule has 3 rings (SSSR count). The zero-order chi connectivity index (χ0) is 23.0. The highest BCUT2D eigenvalue weighted by Gasteiger charge is 2.32. The van der Waals surface area contributed by atoms with Gasteiger partial charge < -0.3 is 5.32 Å². The molecule has 0 unspecified atom stereocenters. The lowest BCUT2D eigenvalue weighted by Crippen LogP contribution is -2.34. The van der Waals surface area contributed by atoms with Gasteiger partial charge in [-0.3, -0.25) is 9.59 Å². The topological polar surface area (TPSA) is 61.8 Å². The van der Waals surface area contributed by atoms with E-state index in [1.807, 2.05) is 20.8 Å². The third-order valence-electron chi connectivity index (χ3n) is 4.69. The van der Waals surface area contributed by atoms with Crippen molar-refractivity contribution in [1.29, 1.82) is 0 Å². The summed E-state index contributed by atoms with van der Waals surface area (Å²) in [6.45, 7) is 5.71. The standard InChI is InChI=1S/C22H21ClF3N3O2/c1-21(2,3)20(31)27-12-13-4-9-17(23)16(10-13)18-11-19(30)29(28-18)15-7-5-14(6-8-15)22(24,25)26/h4-10H,11-12H2,1-3H3,(H,27,31). The number of nitrogens with zero attached hydrogens (tertiary/aromatic N) is 2. The molecule has 5 nitrogen and oxygen atoms in total. The van der Waals surface area contributed by atoms with E-state index in [1.54, 1.807) is 18.2 Å². The van der Waals surface area contributed by atoms with E-state index in [0.717, 1.165) is 22.7 Å². The number of carbonyl (C=O) groups excluding carboxylic acids is 2. The zero-order valence-electron chi connectivity index (χ0n) is 17.2. The van der Waals surface area contributed by atoms with Crippen LogP contribution in [0, 0.1) is 5.41 Å². The Hall–Kier alpha value is -2.87. The van der Waals surface area contributed by atoms with E-state index in [-0.39, 0.29) is 30.5 Å². The fraction of sp³-hybridized carbons (Fsp3) is 0.318. The summed E-state index contributed by atoms with van der Waals surface area (Å²) < 4.78 is 38.3. The second-order valence-corrected chi connectivity index (χ2v) is 8.63. The Morgan fingerprint density at radius 2 is 1.77 bits per heavy atom. The normalized spacial score (nSPS) is 14.6. The van der Waals surface area contributed by atoms with Gasteiger partial charge in [-0.1, -0.05) is 38.4 Å². The molecular formula is C22H21ClF3N3O2. The molecule has 0 atom stereocenters. The second kappa shape index (κ2) is 8.34. The van der Waals surface area contributed by atoms with E-state index in [9.17, 15) is 22.8 Å². The van der Waals surface area contributed by atoms with Crippen molar-refractivity contribution in [3.05, 3.63) is 64.2 Å². The van der Waals surface area contributed by atoms with Gasteiger partial charge in [0.25, 0.3) is 5.91 Å². The number of hydrazone groups is 1. The van der Waals surface area contributed by atoms with E-state index < -0.39 is 17.2 Å². The molecule has 0 spiro atoms. The fourth-order valence-corrected chi connectivity index (χ4v) is 3.15. The average molecular weight is 452 g/mol. The number of carbonyl (C=O) groups is 2. The molecular weight excluding hydrogens is 431 g/mol. The Bertz CT molecular complexity index is 1040. The molecule has 2 aromatic rings. The predicted molar refractivity (Wildman–Crippen MR) is 113 cm³/mol. The number of amides is 2. The maximum absolute atomic E-state index is 12.8. The van der Waals surface area contributed by atoms with Crippen LogP contribution in [0.3, 0.4) is 0 Å². The first-order chi connectivity index (χ1) is 14.4. The van der Waals surface area contributed by atoms with E-state index >= 15 is 0 Å². The summed E-state index contributed by atoms with van der Waals surface area (Å²) in [5.74, 6) is -0.483. The summed E-state index contributed by atoms with van der Waals surface area (Å²) in [5, 5.41) is 8.58. The number of nitrogens with one attached hydrogen (secondary N) is 1. The monoisotopic (exact) mass is 451 g/mol. The minimum atomic E-state index is -4.46. The Balaban J connectivity index is 1.82. The van der Waals surface area contributed by atoms with Crippen LogP contribution in [0.5, 0.6) is 0 Å². The number of alkyl halides is 3. The number of hydrogen-bond acceptors (Lipinski definition) is 3. The van der Waals surface area contributed by atoms with Gasteiger partial charge >= 0.3 is 6.18 Å². The molecule has 164 valence electrons. The van der Waals surface area contributed by atoms with Gasteiger partial charge in [-0.15, -0.1) is 0 Å².